The molecule has 1 saturated heterocycles. The highest BCUT2D eigenvalue weighted by molar-refractivity contribution is 5.77. The van der Waals surface area contributed by atoms with Crippen LogP contribution in [0.25, 0.3) is 0 Å². The Bertz CT molecular complexity index is 241. The van der Waals surface area contributed by atoms with Crippen molar-refractivity contribution in [1.82, 2.24) is 4.90 Å². The van der Waals surface area contributed by atoms with Gasteiger partial charge in [-0.3, -0.25) is 4.79 Å². The third-order valence-electron chi connectivity index (χ3n) is 3.62. The third-order valence-corrected chi connectivity index (χ3v) is 3.62. The smallest absolute Gasteiger partial charge is 0.323 e. The quantitative estimate of drug-likeness (QED) is 0.744. The lowest BCUT2D eigenvalue weighted by molar-refractivity contribution is -0.143. The number of carboxylic acids is 1. The maximum Gasteiger partial charge on any atom is 0.323 e. The summed E-state index contributed by atoms with van der Waals surface area (Å²) in [6.45, 7) is 6.81. The normalized spacial score (nSPS) is 26.3. The summed E-state index contributed by atoms with van der Waals surface area (Å²) in [4.78, 5) is 13.2. The molecule has 4 nitrogen and oxygen atoms in total. The number of nitrogens with zero attached hydrogens (tertiary/aromatic N) is 1. The first kappa shape index (κ1) is 13.5. The molecule has 1 fully saturated rings. The van der Waals surface area contributed by atoms with Crippen molar-refractivity contribution < 1.29 is 9.90 Å². The predicted molar refractivity (Wildman–Crippen MR) is 64.3 cm³/mol. The van der Waals surface area contributed by atoms with E-state index in [2.05, 4.69) is 11.8 Å². The molecular weight excluding hydrogens is 204 g/mol. The molecule has 1 rings (SSSR count). The zero-order chi connectivity index (χ0) is 12.2. The van der Waals surface area contributed by atoms with Gasteiger partial charge in [-0.25, -0.2) is 0 Å². The molecule has 2 atom stereocenters. The summed E-state index contributed by atoms with van der Waals surface area (Å²) >= 11 is 0. The first-order chi connectivity index (χ1) is 7.45. The Hall–Kier alpha value is -0.610. The molecule has 2 unspecified atom stereocenters. The van der Waals surface area contributed by atoms with Crippen LogP contribution in [0.5, 0.6) is 0 Å². The monoisotopic (exact) mass is 228 g/mol. The molecule has 0 amide bonds. The second kappa shape index (κ2) is 5.64. The van der Waals surface area contributed by atoms with Gasteiger partial charge in [-0.05, 0) is 38.6 Å². The molecule has 1 aliphatic rings. The highest BCUT2D eigenvalue weighted by Gasteiger charge is 2.29. The zero-order valence-electron chi connectivity index (χ0n) is 10.4. The van der Waals surface area contributed by atoms with Crippen LogP contribution in [0.4, 0.5) is 0 Å². The van der Waals surface area contributed by atoms with E-state index in [0.717, 1.165) is 25.6 Å². The largest absolute Gasteiger partial charge is 0.480 e. The molecule has 0 aliphatic carbocycles. The number of aliphatic carboxylic acids is 1. The molecule has 0 aromatic rings. The van der Waals surface area contributed by atoms with Crippen LogP contribution in [-0.2, 0) is 4.79 Å². The van der Waals surface area contributed by atoms with Crippen LogP contribution < -0.4 is 5.73 Å². The van der Waals surface area contributed by atoms with E-state index >= 15 is 0 Å². The first-order valence-electron chi connectivity index (χ1n) is 6.20. The zero-order valence-corrected chi connectivity index (χ0v) is 10.4. The van der Waals surface area contributed by atoms with E-state index < -0.39 is 11.5 Å². The van der Waals surface area contributed by atoms with Crippen LogP contribution in [0.15, 0.2) is 0 Å². The average molecular weight is 228 g/mol. The summed E-state index contributed by atoms with van der Waals surface area (Å²) < 4.78 is 0. The minimum Gasteiger partial charge on any atom is -0.480 e. The Morgan fingerprint density at radius 3 is 2.88 bits per heavy atom. The number of carbonyl (C=O) groups is 1. The Morgan fingerprint density at radius 1 is 1.62 bits per heavy atom. The van der Waals surface area contributed by atoms with Gasteiger partial charge in [0.15, 0.2) is 0 Å². The molecule has 3 N–H and O–H groups in total. The van der Waals surface area contributed by atoms with Crippen molar-refractivity contribution in [3.63, 3.8) is 0 Å². The van der Waals surface area contributed by atoms with Gasteiger partial charge < -0.3 is 15.7 Å². The molecule has 0 spiro atoms. The fourth-order valence-corrected chi connectivity index (χ4v) is 2.18. The molecule has 4 heteroatoms. The Kier molecular flexibility index (Phi) is 4.74. The van der Waals surface area contributed by atoms with Gasteiger partial charge >= 0.3 is 5.97 Å². The highest BCUT2D eigenvalue weighted by atomic mass is 16.4. The van der Waals surface area contributed by atoms with Gasteiger partial charge in [-0.1, -0.05) is 13.3 Å². The highest BCUT2D eigenvalue weighted by Crippen LogP contribution is 2.20. The van der Waals surface area contributed by atoms with Crippen molar-refractivity contribution >= 4 is 5.97 Å². The maximum absolute atomic E-state index is 10.9. The Balaban J connectivity index is 2.35. The van der Waals surface area contributed by atoms with Gasteiger partial charge in [0.25, 0.3) is 0 Å². The van der Waals surface area contributed by atoms with Gasteiger partial charge in [0.2, 0.25) is 0 Å². The molecule has 0 aromatic carbocycles. The first-order valence-corrected chi connectivity index (χ1v) is 6.20. The Labute approximate surface area is 97.8 Å². The minimum atomic E-state index is -1.08. The number of hydrogen-bond donors (Lipinski definition) is 2. The van der Waals surface area contributed by atoms with E-state index in [1.807, 2.05) is 0 Å². The lowest BCUT2D eigenvalue weighted by atomic mass is 9.94. The van der Waals surface area contributed by atoms with E-state index in [9.17, 15) is 4.79 Å². The van der Waals surface area contributed by atoms with Crippen LogP contribution in [0, 0.1) is 5.92 Å². The molecule has 1 heterocycles. The van der Waals surface area contributed by atoms with Crippen molar-refractivity contribution in [1.29, 1.82) is 0 Å². The van der Waals surface area contributed by atoms with Crippen LogP contribution >= 0.6 is 0 Å². The predicted octanol–water partition coefficient (Wildman–Crippen LogP) is 1.30. The van der Waals surface area contributed by atoms with E-state index in [1.165, 1.54) is 19.3 Å². The number of carboxylic acid groups (broad SMARTS) is 1. The maximum atomic E-state index is 10.9. The van der Waals surface area contributed by atoms with Crippen molar-refractivity contribution in [3.8, 4) is 0 Å². The van der Waals surface area contributed by atoms with Crippen LogP contribution in [0.2, 0.25) is 0 Å². The molecular formula is C12H24N2O2. The van der Waals surface area contributed by atoms with Crippen LogP contribution in [-0.4, -0.2) is 41.1 Å². The summed E-state index contributed by atoms with van der Waals surface area (Å²) in [5.74, 6) is -0.126. The number of piperidine rings is 1. The Morgan fingerprint density at radius 2 is 2.31 bits per heavy atom. The third kappa shape index (κ3) is 3.76. The summed E-state index contributed by atoms with van der Waals surface area (Å²) in [5, 5.41) is 8.93. The average Bonchev–Trinajstić information content (AvgIpc) is 2.26. The second-order valence-electron chi connectivity index (χ2n) is 5.19. The van der Waals surface area contributed by atoms with Crippen LogP contribution in [0.1, 0.15) is 39.5 Å². The lowest BCUT2D eigenvalue weighted by Gasteiger charge is -2.33. The molecule has 1 aliphatic heterocycles. The molecule has 0 saturated carbocycles. The van der Waals surface area contributed by atoms with E-state index in [-0.39, 0.29) is 0 Å². The molecule has 0 bridgehead atoms. The second-order valence-corrected chi connectivity index (χ2v) is 5.19. The standard InChI is InChI=1S/C12H24N2O2/c1-3-10-5-4-7-14(9-10)8-6-12(2,13)11(15)16/h10H,3-9,13H2,1-2H3,(H,15,16). The van der Waals surface area contributed by atoms with E-state index in [1.54, 1.807) is 6.92 Å². The van der Waals surface area contributed by atoms with E-state index in [0.29, 0.717) is 6.42 Å². The SMILES string of the molecule is CCC1CCCN(CCC(C)(N)C(=O)O)C1. The number of rotatable bonds is 5. The minimum absolute atomic E-state index is 0.527. The molecule has 0 aromatic heterocycles. The number of likely N-dealkylation sites (tertiary alicyclic amines) is 1. The van der Waals surface area contributed by atoms with Gasteiger partial charge in [-0.2, -0.15) is 0 Å². The summed E-state index contributed by atoms with van der Waals surface area (Å²) in [5.41, 5.74) is 4.63. The van der Waals surface area contributed by atoms with Gasteiger partial charge in [0.05, 0.1) is 0 Å². The van der Waals surface area contributed by atoms with Gasteiger partial charge in [0, 0.05) is 13.1 Å². The molecule has 94 valence electrons. The van der Waals surface area contributed by atoms with E-state index in [4.69, 9.17) is 10.8 Å². The van der Waals surface area contributed by atoms with Crippen molar-refractivity contribution in [3.05, 3.63) is 0 Å². The van der Waals surface area contributed by atoms with Crippen LogP contribution in [0.3, 0.4) is 0 Å². The fraction of sp³-hybridized carbons (Fsp3) is 0.917. The van der Waals surface area contributed by atoms with Crippen molar-refractivity contribution in [2.24, 2.45) is 11.7 Å². The lowest BCUT2D eigenvalue weighted by Crippen LogP contribution is -2.48. The fourth-order valence-electron chi connectivity index (χ4n) is 2.18. The number of nitrogens with two attached hydrogens (primary N) is 1. The summed E-state index contributed by atoms with van der Waals surface area (Å²) in [6, 6.07) is 0. The summed E-state index contributed by atoms with van der Waals surface area (Å²) in [6.07, 6.45) is 4.28. The van der Waals surface area contributed by atoms with Crippen molar-refractivity contribution in [2.75, 3.05) is 19.6 Å². The summed E-state index contributed by atoms with van der Waals surface area (Å²) in [7, 11) is 0. The molecule has 0 radical (unpaired) electrons. The topological polar surface area (TPSA) is 66.6 Å². The number of hydrogen-bond acceptors (Lipinski definition) is 3. The van der Waals surface area contributed by atoms with Gasteiger partial charge in [0.1, 0.15) is 5.54 Å². The molecule has 16 heavy (non-hydrogen) atoms. The van der Waals surface area contributed by atoms with Crippen molar-refractivity contribution in [2.45, 2.75) is 45.1 Å². The van der Waals surface area contributed by atoms with Gasteiger partial charge in [-0.15, -0.1) is 0 Å².